The summed E-state index contributed by atoms with van der Waals surface area (Å²) in [5, 5.41) is 12.7. The molecule has 0 aromatic heterocycles. The molecule has 1 atom stereocenters. The first-order valence-corrected chi connectivity index (χ1v) is 7.60. The highest BCUT2D eigenvalue weighted by molar-refractivity contribution is 5.62. The van der Waals surface area contributed by atoms with Crippen molar-refractivity contribution in [3.63, 3.8) is 0 Å². The van der Waals surface area contributed by atoms with E-state index >= 15 is 0 Å². The third-order valence-electron chi connectivity index (χ3n) is 3.79. The van der Waals surface area contributed by atoms with Crippen LogP contribution in [-0.4, -0.2) is 30.6 Å². The molecule has 0 aliphatic rings. The van der Waals surface area contributed by atoms with Gasteiger partial charge < -0.3 is 10.2 Å². The Morgan fingerprint density at radius 2 is 2.00 bits per heavy atom. The highest BCUT2D eigenvalue weighted by Crippen LogP contribution is 2.21. The fraction of sp³-hybridized carbons (Fsp3) is 0.588. The molecule has 0 amide bonds. The van der Waals surface area contributed by atoms with E-state index in [0.717, 1.165) is 42.9 Å². The van der Waals surface area contributed by atoms with Gasteiger partial charge in [-0.1, -0.05) is 26.0 Å². The molecule has 3 heteroatoms. The van der Waals surface area contributed by atoms with E-state index in [4.69, 9.17) is 0 Å². The molecule has 0 aliphatic carbocycles. The van der Waals surface area contributed by atoms with Crippen LogP contribution in [0.5, 0.6) is 0 Å². The number of nitrogens with one attached hydrogen (secondary N) is 1. The van der Waals surface area contributed by atoms with E-state index in [1.807, 2.05) is 25.1 Å². The Morgan fingerprint density at radius 1 is 1.30 bits per heavy atom. The summed E-state index contributed by atoms with van der Waals surface area (Å²) in [4.78, 5) is 2.45. The molecule has 0 saturated carbocycles. The molecule has 3 nitrogen and oxygen atoms in total. The van der Waals surface area contributed by atoms with Gasteiger partial charge in [0.25, 0.3) is 0 Å². The molecule has 0 spiro atoms. The molecule has 0 fully saturated rings. The minimum absolute atomic E-state index is 0.388. The quantitative estimate of drug-likeness (QED) is 0.783. The topological polar surface area (TPSA) is 39.1 Å². The van der Waals surface area contributed by atoms with E-state index in [0.29, 0.717) is 6.04 Å². The molecule has 0 saturated heterocycles. The lowest BCUT2D eigenvalue weighted by Gasteiger charge is -2.21. The molecule has 0 bridgehead atoms. The third kappa shape index (κ3) is 4.86. The van der Waals surface area contributed by atoms with Crippen LogP contribution in [-0.2, 0) is 0 Å². The van der Waals surface area contributed by atoms with E-state index < -0.39 is 0 Å². The van der Waals surface area contributed by atoms with Crippen LogP contribution in [0.1, 0.15) is 44.7 Å². The Bertz CT molecular complexity index is 444. The molecule has 110 valence electrons. The number of benzene rings is 1. The minimum atomic E-state index is 0.388. The number of aryl methyl sites for hydroxylation is 1. The Hall–Kier alpha value is -1.53. The first-order chi connectivity index (χ1) is 9.62. The summed E-state index contributed by atoms with van der Waals surface area (Å²) < 4.78 is 0. The summed E-state index contributed by atoms with van der Waals surface area (Å²) in [6.45, 7) is 12.0. The average Bonchev–Trinajstić information content (AvgIpc) is 2.45. The van der Waals surface area contributed by atoms with Crippen LogP contribution >= 0.6 is 0 Å². The monoisotopic (exact) mass is 273 g/mol. The van der Waals surface area contributed by atoms with Crippen molar-refractivity contribution in [1.29, 1.82) is 5.26 Å². The van der Waals surface area contributed by atoms with Gasteiger partial charge >= 0.3 is 0 Å². The Balaban J connectivity index is 2.51. The number of hydrogen-bond donors (Lipinski definition) is 1. The summed E-state index contributed by atoms with van der Waals surface area (Å²) in [6.07, 6.45) is 2.30. The van der Waals surface area contributed by atoms with Crippen LogP contribution in [0.4, 0.5) is 5.69 Å². The molecule has 20 heavy (non-hydrogen) atoms. The zero-order valence-corrected chi connectivity index (χ0v) is 13.2. The molecular formula is C17H27N3. The van der Waals surface area contributed by atoms with Gasteiger partial charge in [-0.05, 0) is 58.0 Å². The normalized spacial score (nSPS) is 12.2. The van der Waals surface area contributed by atoms with Crippen LogP contribution in [0.25, 0.3) is 0 Å². The van der Waals surface area contributed by atoms with Gasteiger partial charge in [-0.15, -0.1) is 0 Å². The number of para-hydroxylation sites is 1. The van der Waals surface area contributed by atoms with Crippen molar-refractivity contribution < 1.29 is 0 Å². The van der Waals surface area contributed by atoms with Gasteiger partial charge in [-0.3, -0.25) is 0 Å². The molecule has 1 aromatic carbocycles. The zero-order valence-electron chi connectivity index (χ0n) is 13.2. The lowest BCUT2D eigenvalue weighted by Crippen LogP contribution is -2.25. The SMILES string of the molecule is CCN(CC)CCCC(C)Nc1c(C)cccc1C#N. The number of rotatable bonds is 8. The zero-order chi connectivity index (χ0) is 15.0. The fourth-order valence-corrected chi connectivity index (χ4v) is 2.43. The van der Waals surface area contributed by atoms with Crippen LogP contribution in [0.15, 0.2) is 18.2 Å². The van der Waals surface area contributed by atoms with Crippen molar-refractivity contribution in [3.05, 3.63) is 29.3 Å². The van der Waals surface area contributed by atoms with Gasteiger partial charge in [-0.2, -0.15) is 5.26 Å². The van der Waals surface area contributed by atoms with Gasteiger partial charge in [0.15, 0.2) is 0 Å². The maximum absolute atomic E-state index is 9.17. The number of anilines is 1. The van der Waals surface area contributed by atoms with Crippen molar-refractivity contribution in [3.8, 4) is 6.07 Å². The van der Waals surface area contributed by atoms with E-state index in [1.54, 1.807) is 0 Å². The molecule has 1 rings (SSSR count). The van der Waals surface area contributed by atoms with Crippen LogP contribution in [0, 0.1) is 18.3 Å². The minimum Gasteiger partial charge on any atom is -0.381 e. The first kappa shape index (κ1) is 16.5. The Labute approximate surface area is 123 Å². The molecule has 0 radical (unpaired) electrons. The summed E-state index contributed by atoms with van der Waals surface area (Å²) >= 11 is 0. The average molecular weight is 273 g/mol. The summed E-state index contributed by atoms with van der Waals surface area (Å²) in [5.74, 6) is 0. The maximum atomic E-state index is 9.17. The number of nitrogens with zero attached hydrogens (tertiary/aromatic N) is 2. The number of nitriles is 1. The third-order valence-corrected chi connectivity index (χ3v) is 3.79. The smallest absolute Gasteiger partial charge is 0.101 e. The molecular weight excluding hydrogens is 246 g/mol. The van der Waals surface area contributed by atoms with Gasteiger partial charge in [0.1, 0.15) is 6.07 Å². The highest BCUT2D eigenvalue weighted by Gasteiger charge is 2.09. The van der Waals surface area contributed by atoms with Crippen LogP contribution in [0.2, 0.25) is 0 Å². The lowest BCUT2D eigenvalue weighted by atomic mass is 10.1. The second kappa shape index (κ2) is 8.60. The standard InChI is InChI=1S/C17H27N3/c1-5-20(6-2)12-8-10-15(4)19-17-14(3)9-7-11-16(17)13-18/h7,9,11,15,19H,5-6,8,10,12H2,1-4H3. The molecule has 1 N–H and O–H groups in total. The summed E-state index contributed by atoms with van der Waals surface area (Å²) in [7, 11) is 0. The van der Waals surface area contributed by atoms with E-state index in [2.05, 4.69) is 37.1 Å². The van der Waals surface area contributed by atoms with Crippen molar-refractivity contribution in [1.82, 2.24) is 4.90 Å². The maximum Gasteiger partial charge on any atom is 0.101 e. The van der Waals surface area contributed by atoms with Gasteiger partial charge in [-0.25, -0.2) is 0 Å². The van der Waals surface area contributed by atoms with Crippen molar-refractivity contribution >= 4 is 5.69 Å². The highest BCUT2D eigenvalue weighted by atomic mass is 15.1. The van der Waals surface area contributed by atoms with Gasteiger partial charge in [0.05, 0.1) is 11.3 Å². The molecule has 1 aromatic rings. The van der Waals surface area contributed by atoms with Crippen molar-refractivity contribution in [2.75, 3.05) is 25.0 Å². The van der Waals surface area contributed by atoms with Gasteiger partial charge in [0.2, 0.25) is 0 Å². The lowest BCUT2D eigenvalue weighted by molar-refractivity contribution is 0.295. The van der Waals surface area contributed by atoms with Crippen LogP contribution < -0.4 is 5.32 Å². The van der Waals surface area contributed by atoms with Crippen molar-refractivity contribution in [2.24, 2.45) is 0 Å². The second-order valence-corrected chi connectivity index (χ2v) is 5.32. The van der Waals surface area contributed by atoms with Crippen molar-refractivity contribution in [2.45, 2.75) is 46.6 Å². The van der Waals surface area contributed by atoms with E-state index in [9.17, 15) is 5.26 Å². The predicted octanol–water partition coefficient (Wildman–Crippen LogP) is 3.79. The fourth-order valence-electron chi connectivity index (χ4n) is 2.43. The predicted molar refractivity (Wildman–Crippen MR) is 86.0 cm³/mol. The van der Waals surface area contributed by atoms with Gasteiger partial charge in [0, 0.05) is 6.04 Å². The molecule has 0 heterocycles. The van der Waals surface area contributed by atoms with E-state index in [1.165, 1.54) is 6.42 Å². The Morgan fingerprint density at radius 3 is 2.60 bits per heavy atom. The number of hydrogen-bond acceptors (Lipinski definition) is 3. The molecule has 1 unspecified atom stereocenters. The largest absolute Gasteiger partial charge is 0.381 e. The van der Waals surface area contributed by atoms with Crippen LogP contribution in [0.3, 0.4) is 0 Å². The second-order valence-electron chi connectivity index (χ2n) is 5.32. The Kier molecular flexibility index (Phi) is 7.11. The first-order valence-electron chi connectivity index (χ1n) is 7.60. The summed E-state index contributed by atoms with van der Waals surface area (Å²) in [5.41, 5.74) is 2.87. The molecule has 0 aliphatic heterocycles. The summed E-state index contributed by atoms with van der Waals surface area (Å²) in [6, 6.07) is 8.51. The van der Waals surface area contributed by atoms with E-state index in [-0.39, 0.29) is 0 Å².